The van der Waals surface area contributed by atoms with Crippen molar-refractivity contribution in [3.63, 3.8) is 0 Å². The van der Waals surface area contributed by atoms with Crippen LogP contribution in [0.3, 0.4) is 0 Å². The van der Waals surface area contributed by atoms with Gasteiger partial charge in [0.25, 0.3) is 0 Å². The normalized spacial score (nSPS) is 13.4. The first-order valence-corrected chi connectivity index (χ1v) is 11.6. The molecule has 2 heteroatoms. The monoisotopic (exact) mass is 443 g/mol. The van der Waals surface area contributed by atoms with Gasteiger partial charge in [-0.25, -0.2) is 0 Å². The molecule has 0 unspecified atom stereocenters. The Kier molecular flexibility index (Phi) is 4.27. The molecule has 0 spiro atoms. The molecule has 2 aromatic heterocycles. The summed E-state index contributed by atoms with van der Waals surface area (Å²) in [5.74, 6) is 0. The molecular formula is C32H27NO. The van der Waals surface area contributed by atoms with Crippen molar-refractivity contribution in [2.45, 2.75) is 27.1 Å². The first-order chi connectivity index (χ1) is 17.2. The minimum absolute atomic E-state index is 0.484. The van der Waals surface area contributed by atoms with Crippen LogP contribution in [0.5, 0.6) is 0 Å². The molecule has 0 saturated heterocycles. The molecule has 0 aliphatic carbocycles. The Morgan fingerprint density at radius 3 is 2.29 bits per heavy atom. The summed E-state index contributed by atoms with van der Waals surface area (Å²) < 4.78 is 23.4. The molecule has 0 N–H and O–H groups in total. The molecule has 4 aromatic carbocycles. The van der Waals surface area contributed by atoms with E-state index in [4.69, 9.17) is 12.1 Å². The van der Waals surface area contributed by atoms with Crippen LogP contribution in [0.25, 0.3) is 55.1 Å². The van der Waals surface area contributed by atoms with Crippen LogP contribution in [-0.4, -0.2) is 4.98 Å². The van der Waals surface area contributed by atoms with Crippen molar-refractivity contribution in [2.24, 2.45) is 5.41 Å². The standard InChI is InChI=1S/C32H27NO/c1-32(2,3)19-21-11-13-22(14-12-21)24-15-17-28(33-20-24)26-9-6-10-27-30-25-8-5-4-7-23(25)16-18-29(30)34-31(26)27/h4-18,20H,19H2,1-3H3/i19D2. The summed E-state index contributed by atoms with van der Waals surface area (Å²) >= 11 is 0. The Labute approximate surface area is 202 Å². The highest BCUT2D eigenvalue weighted by molar-refractivity contribution is 6.20. The van der Waals surface area contributed by atoms with Crippen LogP contribution in [0.15, 0.2) is 102 Å². The molecule has 6 aromatic rings. The van der Waals surface area contributed by atoms with E-state index in [-0.39, 0.29) is 0 Å². The number of hydrogen-bond acceptors (Lipinski definition) is 2. The molecular weight excluding hydrogens is 414 g/mol. The molecule has 0 aliphatic rings. The van der Waals surface area contributed by atoms with Gasteiger partial charge in [0.05, 0.1) is 5.69 Å². The second-order valence-corrected chi connectivity index (χ2v) is 9.83. The minimum Gasteiger partial charge on any atom is -0.455 e. The van der Waals surface area contributed by atoms with Gasteiger partial charge < -0.3 is 4.42 Å². The Bertz CT molecular complexity index is 1720. The van der Waals surface area contributed by atoms with Crippen LogP contribution in [-0.2, 0) is 6.37 Å². The van der Waals surface area contributed by atoms with Crippen molar-refractivity contribution in [2.75, 3.05) is 0 Å². The third-order valence-corrected chi connectivity index (χ3v) is 6.16. The number of nitrogens with zero attached hydrogens (tertiary/aromatic N) is 1. The molecule has 0 atom stereocenters. The molecule has 2 nitrogen and oxygen atoms in total. The van der Waals surface area contributed by atoms with Crippen LogP contribution in [0, 0.1) is 5.41 Å². The molecule has 0 aliphatic heterocycles. The van der Waals surface area contributed by atoms with Gasteiger partial charge >= 0.3 is 0 Å². The van der Waals surface area contributed by atoms with E-state index in [0.29, 0.717) is 5.56 Å². The number of benzene rings is 4. The highest BCUT2D eigenvalue weighted by atomic mass is 16.3. The molecule has 2 heterocycles. The van der Waals surface area contributed by atoms with E-state index in [1.807, 2.05) is 63.4 Å². The number of pyridine rings is 1. The van der Waals surface area contributed by atoms with Gasteiger partial charge in [-0.2, -0.15) is 0 Å². The van der Waals surface area contributed by atoms with Crippen molar-refractivity contribution < 1.29 is 7.16 Å². The lowest BCUT2D eigenvalue weighted by Crippen LogP contribution is -2.08. The summed E-state index contributed by atoms with van der Waals surface area (Å²) in [6.07, 6.45) is 0.462. The summed E-state index contributed by atoms with van der Waals surface area (Å²) in [7, 11) is 0. The average Bonchev–Trinajstić information content (AvgIpc) is 3.28. The van der Waals surface area contributed by atoms with E-state index in [1.165, 1.54) is 10.8 Å². The largest absolute Gasteiger partial charge is 0.455 e. The highest BCUT2D eigenvalue weighted by Crippen LogP contribution is 2.38. The van der Waals surface area contributed by atoms with E-state index < -0.39 is 11.8 Å². The maximum Gasteiger partial charge on any atom is 0.144 e. The molecule has 166 valence electrons. The third kappa shape index (κ3) is 3.66. The number of rotatable bonds is 3. The molecule has 0 saturated carbocycles. The van der Waals surface area contributed by atoms with Gasteiger partial charge in [0.2, 0.25) is 0 Å². The zero-order valence-corrected chi connectivity index (χ0v) is 19.6. The van der Waals surface area contributed by atoms with Crippen LogP contribution in [0.4, 0.5) is 0 Å². The third-order valence-electron chi connectivity index (χ3n) is 6.16. The Morgan fingerprint density at radius 2 is 1.53 bits per heavy atom. The van der Waals surface area contributed by atoms with Crippen LogP contribution in [0.1, 0.15) is 29.1 Å². The van der Waals surface area contributed by atoms with Crippen molar-refractivity contribution in [3.05, 3.63) is 103 Å². The van der Waals surface area contributed by atoms with Gasteiger partial charge in [0.1, 0.15) is 11.2 Å². The van der Waals surface area contributed by atoms with Gasteiger partial charge in [-0.1, -0.05) is 93.6 Å². The molecule has 34 heavy (non-hydrogen) atoms. The molecule has 0 fully saturated rings. The second-order valence-electron chi connectivity index (χ2n) is 9.83. The number of aromatic nitrogens is 1. The predicted octanol–water partition coefficient (Wildman–Crippen LogP) is 9.06. The fourth-order valence-corrected chi connectivity index (χ4v) is 4.67. The molecule has 0 amide bonds. The number of furan rings is 1. The second kappa shape index (κ2) is 7.85. The maximum atomic E-state index is 8.51. The van der Waals surface area contributed by atoms with Crippen LogP contribution < -0.4 is 0 Å². The summed E-state index contributed by atoms with van der Waals surface area (Å²) in [4.78, 5) is 4.78. The van der Waals surface area contributed by atoms with E-state index in [0.717, 1.165) is 44.3 Å². The number of fused-ring (bicyclic) bond motifs is 5. The predicted molar refractivity (Wildman–Crippen MR) is 143 cm³/mol. The van der Waals surface area contributed by atoms with Gasteiger partial charge in [0.15, 0.2) is 0 Å². The van der Waals surface area contributed by atoms with E-state index >= 15 is 0 Å². The van der Waals surface area contributed by atoms with Crippen LogP contribution in [0.2, 0.25) is 0 Å². The lowest BCUT2D eigenvalue weighted by molar-refractivity contribution is 0.411. The van der Waals surface area contributed by atoms with Crippen LogP contribution >= 0.6 is 0 Å². The van der Waals surface area contributed by atoms with E-state index in [9.17, 15) is 0 Å². The topological polar surface area (TPSA) is 26.0 Å². The summed E-state index contributed by atoms with van der Waals surface area (Å²) in [5, 5.41) is 4.61. The summed E-state index contributed by atoms with van der Waals surface area (Å²) in [5.41, 5.74) is 5.75. The van der Waals surface area contributed by atoms with E-state index in [2.05, 4.69) is 54.6 Å². The quantitative estimate of drug-likeness (QED) is 0.273. The maximum absolute atomic E-state index is 8.51. The summed E-state index contributed by atoms with van der Waals surface area (Å²) in [6, 6.07) is 30.6. The Balaban J connectivity index is 1.38. The lowest BCUT2D eigenvalue weighted by atomic mass is 9.88. The zero-order valence-electron chi connectivity index (χ0n) is 21.6. The smallest absolute Gasteiger partial charge is 0.144 e. The average molecular weight is 444 g/mol. The van der Waals surface area contributed by atoms with Gasteiger partial charge in [0, 0.05) is 30.8 Å². The summed E-state index contributed by atoms with van der Waals surface area (Å²) in [6.45, 7) is 5.78. The van der Waals surface area contributed by atoms with Crippen molar-refractivity contribution in [1.82, 2.24) is 4.98 Å². The Hall–Kier alpha value is -3.91. The van der Waals surface area contributed by atoms with Crippen molar-refractivity contribution in [3.8, 4) is 22.4 Å². The van der Waals surface area contributed by atoms with Crippen molar-refractivity contribution >= 4 is 32.7 Å². The lowest BCUT2D eigenvalue weighted by Gasteiger charge is -2.18. The minimum atomic E-state index is -1.41. The zero-order chi connectivity index (χ0) is 25.1. The SMILES string of the molecule is [2H]C([2H])(c1ccc(-c2ccc(-c3cccc4c3oc3ccc5ccccc5c34)nc2)cc1)C(C)(C)C. The molecule has 0 radical (unpaired) electrons. The fourth-order valence-electron chi connectivity index (χ4n) is 4.67. The Morgan fingerprint density at radius 1 is 0.765 bits per heavy atom. The molecule has 6 rings (SSSR count). The van der Waals surface area contributed by atoms with Crippen molar-refractivity contribution in [1.29, 1.82) is 0 Å². The van der Waals surface area contributed by atoms with Gasteiger partial charge in [-0.3, -0.25) is 4.98 Å². The first-order valence-electron chi connectivity index (χ1n) is 12.6. The number of para-hydroxylation sites is 1. The molecule has 0 bridgehead atoms. The van der Waals surface area contributed by atoms with Gasteiger partial charge in [-0.15, -0.1) is 0 Å². The van der Waals surface area contributed by atoms with Gasteiger partial charge in [-0.05, 0) is 51.9 Å². The fraction of sp³-hybridized carbons (Fsp3) is 0.156. The number of hydrogen-bond donors (Lipinski definition) is 0. The van der Waals surface area contributed by atoms with E-state index in [1.54, 1.807) is 0 Å². The highest BCUT2D eigenvalue weighted by Gasteiger charge is 2.15. The first kappa shape index (κ1) is 18.5.